The van der Waals surface area contributed by atoms with Crippen molar-refractivity contribution in [2.45, 2.75) is 33.7 Å². The first-order valence-corrected chi connectivity index (χ1v) is 11.8. The average Bonchev–Trinajstić information content (AvgIpc) is 3.31. The highest BCUT2D eigenvalue weighted by Gasteiger charge is 2.35. The van der Waals surface area contributed by atoms with Gasteiger partial charge in [0.2, 0.25) is 5.82 Å². The molecule has 0 saturated heterocycles. The lowest BCUT2D eigenvalue weighted by Gasteiger charge is -2.37. The summed E-state index contributed by atoms with van der Waals surface area (Å²) in [5.74, 6) is 0.593. The number of thiocarbonyl (C=S) groups is 1. The average molecular weight is 485 g/mol. The van der Waals surface area contributed by atoms with Crippen LogP contribution in [0.25, 0.3) is 17.0 Å². The Morgan fingerprint density at radius 1 is 0.943 bits per heavy atom. The van der Waals surface area contributed by atoms with Gasteiger partial charge >= 0.3 is 0 Å². The maximum Gasteiger partial charge on any atom is 0.258 e. The lowest BCUT2D eigenvalue weighted by molar-refractivity contribution is 0.404. The number of aromatic nitrogens is 2. The van der Waals surface area contributed by atoms with Crippen molar-refractivity contribution in [2.24, 2.45) is 0 Å². The van der Waals surface area contributed by atoms with E-state index in [9.17, 15) is 4.39 Å². The summed E-state index contributed by atoms with van der Waals surface area (Å²) in [5.41, 5.74) is 7.80. The van der Waals surface area contributed by atoms with Gasteiger partial charge in [0.05, 0.1) is 11.6 Å². The summed E-state index contributed by atoms with van der Waals surface area (Å²) in [7, 11) is 0. The molecule has 0 aliphatic carbocycles. The van der Waals surface area contributed by atoms with Gasteiger partial charge in [0.25, 0.3) is 5.89 Å². The van der Waals surface area contributed by atoms with Gasteiger partial charge in [-0.3, -0.25) is 4.90 Å². The van der Waals surface area contributed by atoms with Gasteiger partial charge in [0.1, 0.15) is 5.82 Å². The molecule has 7 heteroatoms. The van der Waals surface area contributed by atoms with Crippen molar-refractivity contribution in [3.63, 3.8) is 0 Å². The summed E-state index contributed by atoms with van der Waals surface area (Å²) < 4.78 is 19.5. The molecule has 3 aromatic carbocycles. The van der Waals surface area contributed by atoms with Gasteiger partial charge < -0.3 is 9.84 Å². The van der Waals surface area contributed by atoms with E-state index in [0.29, 0.717) is 16.8 Å². The van der Waals surface area contributed by atoms with Crippen LogP contribution in [0.2, 0.25) is 0 Å². The van der Waals surface area contributed by atoms with Crippen LogP contribution in [-0.2, 0) is 0 Å². The molecule has 1 unspecified atom stereocenters. The van der Waals surface area contributed by atoms with Gasteiger partial charge in [-0.05, 0) is 86.9 Å². The van der Waals surface area contributed by atoms with E-state index in [1.165, 1.54) is 23.3 Å². The van der Waals surface area contributed by atoms with E-state index in [2.05, 4.69) is 36.5 Å². The Balaban J connectivity index is 1.66. The highest BCUT2D eigenvalue weighted by Crippen LogP contribution is 2.39. The van der Waals surface area contributed by atoms with Crippen LogP contribution in [0.15, 0.2) is 77.0 Å². The molecule has 1 aromatic heterocycles. The molecule has 0 fully saturated rings. The smallest absolute Gasteiger partial charge is 0.258 e. The van der Waals surface area contributed by atoms with Crippen molar-refractivity contribution in [1.29, 1.82) is 0 Å². The summed E-state index contributed by atoms with van der Waals surface area (Å²) in [5, 5.41) is 8.23. The number of nitrogens with zero attached hydrogens (tertiary/aromatic N) is 3. The van der Waals surface area contributed by atoms with Crippen LogP contribution in [0.1, 0.15) is 41.1 Å². The third-order valence-corrected chi connectivity index (χ3v) is 6.67. The highest BCUT2D eigenvalue weighted by molar-refractivity contribution is 7.80. The Morgan fingerprint density at radius 3 is 2.43 bits per heavy atom. The number of hydrogen-bond donors (Lipinski definition) is 1. The summed E-state index contributed by atoms with van der Waals surface area (Å²) in [6.07, 6.45) is 0. The largest absolute Gasteiger partial charge is 0.351 e. The Bertz CT molecular complexity index is 1460. The van der Waals surface area contributed by atoms with Crippen LogP contribution >= 0.6 is 12.2 Å². The van der Waals surface area contributed by atoms with Crippen LogP contribution in [0.5, 0.6) is 0 Å². The third kappa shape index (κ3) is 4.35. The molecule has 1 aliphatic rings. The lowest BCUT2D eigenvalue weighted by atomic mass is 9.94. The summed E-state index contributed by atoms with van der Waals surface area (Å²) in [6.45, 7) is 8.17. The molecule has 0 saturated carbocycles. The van der Waals surface area contributed by atoms with E-state index in [-0.39, 0.29) is 11.9 Å². The van der Waals surface area contributed by atoms with Gasteiger partial charge in [0.15, 0.2) is 5.11 Å². The van der Waals surface area contributed by atoms with E-state index in [1.807, 2.05) is 49.1 Å². The molecule has 2 heterocycles. The fourth-order valence-corrected chi connectivity index (χ4v) is 4.70. The second-order valence-corrected chi connectivity index (χ2v) is 9.22. The van der Waals surface area contributed by atoms with E-state index in [1.54, 1.807) is 12.1 Å². The minimum Gasteiger partial charge on any atom is -0.351 e. The summed E-state index contributed by atoms with van der Waals surface area (Å²) >= 11 is 5.80. The van der Waals surface area contributed by atoms with Gasteiger partial charge in [0, 0.05) is 16.9 Å². The molecule has 0 bridgehead atoms. The van der Waals surface area contributed by atoms with Crippen molar-refractivity contribution in [1.82, 2.24) is 15.5 Å². The first-order chi connectivity index (χ1) is 16.8. The minimum absolute atomic E-state index is 0.300. The Labute approximate surface area is 209 Å². The standard InChI is InChI=1S/C28H25FN4OS/c1-16-6-5-7-21(14-16)26-31-27(34-32-26)24-19(4)33(23-13-8-17(2)18(3)15-23)28(35)30-25(24)20-9-11-22(29)12-10-20/h5-15,25H,1-4H3,(H,30,35). The number of anilines is 1. The number of allylic oxidation sites excluding steroid dienone is 1. The van der Waals surface area contributed by atoms with Gasteiger partial charge in [-0.2, -0.15) is 4.98 Å². The van der Waals surface area contributed by atoms with E-state index >= 15 is 0 Å². The molecule has 1 aliphatic heterocycles. The maximum atomic E-state index is 13.7. The van der Waals surface area contributed by atoms with E-state index in [4.69, 9.17) is 21.7 Å². The number of nitrogens with one attached hydrogen (secondary N) is 1. The lowest BCUT2D eigenvalue weighted by Crippen LogP contribution is -2.46. The molecule has 1 atom stereocenters. The van der Waals surface area contributed by atoms with Crippen LogP contribution < -0.4 is 10.2 Å². The van der Waals surface area contributed by atoms with Crippen molar-refractivity contribution in [3.05, 3.63) is 106 Å². The van der Waals surface area contributed by atoms with Crippen LogP contribution in [0.4, 0.5) is 10.1 Å². The summed E-state index contributed by atoms with van der Waals surface area (Å²) in [6, 6.07) is 20.2. The van der Waals surface area contributed by atoms with Crippen LogP contribution in [0, 0.1) is 26.6 Å². The number of halogens is 1. The maximum absolute atomic E-state index is 13.7. The monoisotopic (exact) mass is 484 g/mol. The molecule has 35 heavy (non-hydrogen) atoms. The molecule has 0 amide bonds. The zero-order chi connectivity index (χ0) is 24.7. The Morgan fingerprint density at radius 2 is 1.71 bits per heavy atom. The highest BCUT2D eigenvalue weighted by atomic mass is 32.1. The van der Waals surface area contributed by atoms with Gasteiger partial charge in [-0.25, -0.2) is 4.39 Å². The molecule has 176 valence electrons. The molecular weight excluding hydrogens is 459 g/mol. The van der Waals surface area contributed by atoms with Crippen molar-refractivity contribution < 1.29 is 8.91 Å². The Kier molecular flexibility index (Phi) is 5.94. The van der Waals surface area contributed by atoms with Crippen molar-refractivity contribution >= 4 is 28.6 Å². The number of rotatable bonds is 4. The normalized spacial score (nSPS) is 16.0. The molecular formula is C28H25FN4OS. The molecule has 0 radical (unpaired) electrons. The molecule has 4 aromatic rings. The van der Waals surface area contributed by atoms with Crippen molar-refractivity contribution in [3.8, 4) is 11.4 Å². The third-order valence-electron chi connectivity index (χ3n) is 6.37. The zero-order valence-electron chi connectivity index (χ0n) is 20.0. The topological polar surface area (TPSA) is 54.2 Å². The van der Waals surface area contributed by atoms with Gasteiger partial charge in [-0.1, -0.05) is 47.1 Å². The zero-order valence-corrected chi connectivity index (χ0v) is 20.8. The molecule has 0 spiro atoms. The SMILES string of the molecule is CC1=C(c2nc(-c3cccc(C)c3)no2)C(c2ccc(F)cc2)NC(=S)N1c1ccc(C)c(C)c1. The fourth-order valence-electron chi connectivity index (χ4n) is 4.34. The first-order valence-electron chi connectivity index (χ1n) is 11.4. The molecule has 5 nitrogen and oxygen atoms in total. The minimum atomic E-state index is -0.378. The number of aryl methyl sites for hydroxylation is 3. The molecule has 5 rings (SSSR count). The predicted molar refractivity (Wildman–Crippen MR) is 140 cm³/mol. The van der Waals surface area contributed by atoms with Crippen LogP contribution in [0.3, 0.4) is 0 Å². The second-order valence-electron chi connectivity index (χ2n) is 8.83. The predicted octanol–water partition coefficient (Wildman–Crippen LogP) is 6.67. The molecule has 1 N–H and O–H groups in total. The van der Waals surface area contributed by atoms with Crippen LogP contribution in [-0.4, -0.2) is 15.3 Å². The van der Waals surface area contributed by atoms with Crippen molar-refractivity contribution in [2.75, 3.05) is 4.90 Å². The number of benzene rings is 3. The van der Waals surface area contributed by atoms with E-state index in [0.717, 1.165) is 33.6 Å². The Hall–Kier alpha value is -3.84. The quantitative estimate of drug-likeness (QED) is 0.327. The number of hydrogen-bond acceptors (Lipinski definition) is 4. The summed E-state index contributed by atoms with van der Waals surface area (Å²) in [4.78, 5) is 6.73. The van der Waals surface area contributed by atoms with Gasteiger partial charge in [-0.15, -0.1) is 0 Å². The fraction of sp³-hybridized carbons (Fsp3) is 0.179. The second kappa shape index (κ2) is 9.07. The first kappa shape index (κ1) is 22.9. The van der Waals surface area contributed by atoms with E-state index < -0.39 is 0 Å².